The summed E-state index contributed by atoms with van der Waals surface area (Å²) in [6, 6.07) is 12.1. The van der Waals surface area contributed by atoms with Crippen molar-refractivity contribution in [3.8, 4) is 0 Å². The number of alkyl halides is 3. The highest BCUT2D eigenvalue weighted by atomic mass is 19.4. The molecule has 3 aromatic rings. The number of nitrogens with one attached hydrogen (secondary N) is 1. The molecule has 1 amide bonds. The van der Waals surface area contributed by atoms with Crippen molar-refractivity contribution in [1.82, 2.24) is 15.5 Å². The van der Waals surface area contributed by atoms with Gasteiger partial charge in [-0.05, 0) is 35.4 Å². The molecule has 1 heterocycles. The molecule has 0 aliphatic heterocycles. The third kappa shape index (κ3) is 4.90. The zero-order valence-corrected chi connectivity index (χ0v) is 13.8. The van der Waals surface area contributed by atoms with Crippen LogP contribution in [0.25, 0.3) is 0 Å². The molecule has 9 heteroatoms. The molecule has 2 aromatic carbocycles. The summed E-state index contributed by atoms with van der Waals surface area (Å²) >= 11 is 0. The van der Waals surface area contributed by atoms with E-state index in [-0.39, 0.29) is 30.5 Å². The molecule has 0 atom stereocenters. The smallest absolute Gasteiger partial charge is 0.348 e. The molecule has 3 rings (SSSR count). The van der Waals surface area contributed by atoms with Crippen molar-refractivity contribution in [2.24, 2.45) is 0 Å². The van der Waals surface area contributed by atoms with Gasteiger partial charge in [0.15, 0.2) is 5.82 Å². The van der Waals surface area contributed by atoms with E-state index in [2.05, 4.69) is 20.0 Å². The predicted octanol–water partition coefficient (Wildman–Crippen LogP) is 3.75. The van der Waals surface area contributed by atoms with Crippen molar-refractivity contribution in [1.29, 1.82) is 0 Å². The maximum absolute atomic E-state index is 13.1. The van der Waals surface area contributed by atoms with E-state index in [1.165, 1.54) is 24.3 Å². The summed E-state index contributed by atoms with van der Waals surface area (Å²) in [5, 5.41) is 5.95. The Labute approximate surface area is 151 Å². The second-order valence-corrected chi connectivity index (χ2v) is 5.70. The third-order valence-electron chi connectivity index (χ3n) is 3.63. The number of nitrogens with zero attached hydrogens (tertiary/aromatic N) is 2. The van der Waals surface area contributed by atoms with Gasteiger partial charge in [0, 0.05) is 18.5 Å². The number of halogens is 4. The summed E-state index contributed by atoms with van der Waals surface area (Å²) < 4.78 is 54.6. The molecule has 0 radical (unpaired) electrons. The van der Waals surface area contributed by atoms with Gasteiger partial charge >= 0.3 is 12.1 Å². The van der Waals surface area contributed by atoms with E-state index in [1.54, 1.807) is 24.3 Å². The summed E-state index contributed by atoms with van der Waals surface area (Å²) in [5.41, 5.74) is 1.60. The first kappa shape index (κ1) is 18.6. The van der Waals surface area contributed by atoms with Gasteiger partial charge in [-0.2, -0.15) is 18.2 Å². The lowest BCUT2D eigenvalue weighted by Gasteiger charge is -2.06. The topological polar surface area (TPSA) is 68.0 Å². The molecule has 0 saturated heterocycles. The summed E-state index contributed by atoms with van der Waals surface area (Å²) in [5.74, 6) is -2.25. The van der Waals surface area contributed by atoms with Gasteiger partial charge in [-0.25, -0.2) is 4.39 Å². The number of benzene rings is 2. The molecule has 0 bridgehead atoms. The zero-order valence-electron chi connectivity index (χ0n) is 13.8. The average molecular weight is 379 g/mol. The van der Waals surface area contributed by atoms with Crippen LogP contribution in [0.1, 0.15) is 33.2 Å². The predicted molar refractivity (Wildman–Crippen MR) is 86.1 cm³/mol. The fourth-order valence-electron chi connectivity index (χ4n) is 2.33. The second-order valence-electron chi connectivity index (χ2n) is 5.70. The first-order valence-electron chi connectivity index (χ1n) is 7.82. The lowest BCUT2D eigenvalue weighted by molar-refractivity contribution is -0.159. The Balaban J connectivity index is 1.59. The Morgan fingerprint density at radius 1 is 1.07 bits per heavy atom. The van der Waals surface area contributed by atoms with Crippen LogP contribution in [0.15, 0.2) is 53.1 Å². The first-order valence-corrected chi connectivity index (χ1v) is 7.82. The lowest BCUT2D eigenvalue weighted by atomic mass is 10.1. The van der Waals surface area contributed by atoms with Gasteiger partial charge < -0.3 is 9.84 Å². The second kappa shape index (κ2) is 7.56. The van der Waals surface area contributed by atoms with Crippen LogP contribution < -0.4 is 5.32 Å². The van der Waals surface area contributed by atoms with Crippen LogP contribution in [0.2, 0.25) is 0 Å². The van der Waals surface area contributed by atoms with E-state index in [1.807, 2.05) is 0 Å². The van der Waals surface area contributed by atoms with E-state index in [0.29, 0.717) is 16.7 Å². The highest BCUT2D eigenvalue weighted by molar-refractivity contribution is 5.94. The average Bonchev–Trinajstić information content (AvgIpc) is 3.09. The van der Waals surface area contributed by atoms with Gasteiger partial charge in [-0.3, -0.25) is 4.79 Å². The Bertz CT molecular complexity index is 936. The van der Waals surface area contributed by atoms with Crippen LogP contribution in [0.5, 0.6) is 0 Å². The monoisotopic (exact) mass is 379 g/mol. The number of aromatic nitrogens is 2. The number of amides is 1. The largest absolute Gasteiger partial charge is 0.471 e. The fourth-order valence-corrected chi connectivity index (χ4v) is 2.33. The lowest BCUT2D eigenvalue weighted by Crippen LogP contribution is -2.22. The quantitative estimate of drug-likeness (QED) is 0.686. The van der Waals surface area contributed by atoms with Crippen molar-refractivity contribution in [3.63, 3.8) is 0 Å². The van der Waals surface area contributed by atoms with Gasteiger partial charge in [-0.1, -0.05) is 29.4 Å². The number of hydrogen-bond acceptors (Lipinski definition) is 4. The van der Waals surface area contributed by atoms with Crippen LogP contribution in [0.4, 0.5) is 17.6 Å². The van der Waals surface area contributed by atoms with Crippen molar-refractivity contribution in [3.05, 3.63) is 82.8 Å². The standard InChI is InChI=1S/C18H13F4N3O2/c19-14-3-1-2-12(8-14)10-23-16(26)13-6-4-11(5-7-13)9-15-24-17(27-25-15)18(20,21)22/h1-8H,9-10H2,(H,23,26). The minimum Gasteiger partial charge on any atom is -0.348 e. The highest BCUT2D eigenvalue weighted by Crippen LogP contribution is 2.27. The molecular formula is C18H13F4N3O2. The fraction of sp³-hybridized carbons (Fsp3) is 0.167. The van der Waals surface area contributed by atoms with E-state index in [0.717, 1.165) is 0 Å². The van der Waals surface area contributed by atoms with Crippen molar-refractivity contribution >= 4 is 5.91 Å². The molecule has 0 spiro atoms. The molecule has 0 unspecified atom stereocenters. The molecule has 1 N–H and O–H groups in total. The summed E-state index contributed by atoms with van der Waals surface area (Å²) in [6.45, 7) is 0.168. The number of carbonyl (C=O) groups is 1. The minimum atomic E-state index is -4.69. The van der Waals surface area contributed by atoms with Gasteiger partial charge in [0.2, 0.25) is 0 Å². The summed E-state index contributed by atoms with van der Waals surface area (Å²) in [6.07, 6.45) is -4.65. The van der Waals surface area contributed by atoms with Crippen molar-refractivity contribution in [2.45, 2.75) is 19.1 Å². The zero-order chi connectivity index (χ0) is 19.4. The number of rotatable bonds is 5. The van der Waals surface area contributed by atoms with Crippen LogP contribution in [0, 0.1) is 5.82 Å². The Morgan fingerprint density at radius 2 is 1.81 bits per heavy atom. The molecule has 5 nitrogen and oxygen atoms in total. The van der Waals surface area contributed by atoms with Gasteiger partial charge in [-0.15, -0.1) is 0 Å². The molecule has 0 aliphatic carbocycles. The van der Waals surface area contributed by atoms with Crippen LogP contribution >= 0.6 is 0 Å². The molecule has 0 aliphatic rings. The van der Waals surface area contributed by atoms with E-state index in [4.69, 9.17) is 0 Å². The van der Waals surface area contributed by atoms with Gasteiger partial charge in [0.05, 0.1) is 0 Å². The maximum Gasteiger partial charge on any atom is 0.471 e. The molecule has 140 valence electrons. The highest BCUT2D eigenvalue weighted by Gasteiger charge is 2.38. The van der Waals surface area contributed by atoms with E-state index >= 15 is 0 Å². The minimum absolute atomic E-state index is 0.0325. The van der Waals surface area contributed by atoms with E-state index < -0.39 is 12.1 Å². The van der Waals surface area contributed by atoms with Gasteiger partial charge in [0.25, 0.3) is 5.91 Å². The molecule has 0 saturated carbocycles. The number of carbonyl (C=O) groups excluding carboxylic acids is 1. The van der Waals surface area contributed by atoms with Crippen molar-refractivity contribution in [2.75, 3.05) is 0 Å². The van der Waals surface area contributed by atoms with Crippen LogP contribution in [-0.4, -0.2) is 16.0 Å². The van der Waals surface area contributed by atoms with E-state index in [9.17, 15) is 22.4 Å². The van der Waals surface area contributed by atoms with Crippen molar-refractivity contribution < 1.29 is 26.9 Å². The Kier molecular flexibility index (Phi) is 5.20. The summed E-state index contributed by atoms with van der Waals surface area (Å²) in [4.78, 5) is 15.4. The Morgan fingerprint density at radius 3 is 2.44 bits per heavy atom. The molecule has 1 aromatic heterocycles. The number of hydrogen-bond donors (Lipinski definition) is 1. The molecule has 0 fully saturated rings. The summed E-state index contributed by atoms with van der Waals surface area (Å²) in [7, 11) is 0. The van der Waals surface area contributed by atoms with Crippen LogP contribution in [0.3, 0.4) is 0 Å². The molecule has 27 heavy (non-hydrogen) atoms. The maximum atomic E-state index is 13.1. The normalized spacial score (nSPS) is 11.4. The molecular weight excluding hydrogens is 366 g/mol. The van der Waals surface area contributed by atoms with Crippen LogP contribution in [-0.2, 0) is 19.1 Å². The SMILES string of the molecule is O=C(NCc1cccc(F)c1)c1ccc(Cc2noc(C(F)(F)F)n2)cc1. The third-order valence-corrected chi connectivity index (χ3v) is 3.63. The van der Waals surface area contributed by atoms with Gasteiger partial charge in [0.1, 0.15) is 5.82 Å². The Hall–Kier alpha value is -3.23. The first-order chi connectivity index (χ1) is 12.8.